The molecule has 1 aromatic carbocycles. The standard InChI is InChI=1S/C19H32N4.HI/c1-14(2)17(12-21-18(20)22-19(3,4)5)23-11-10-15-8-6-7-9-16(15)13-23;/h6-9,14,17H,10-13H2,1-5H3,(H3,20,21,22);1H. The summed E-state index contributed by atoms with van der Waals surface area (Å²) < 4.78 is 0. The summed E-state index contributed by atoms with van der Waals surface area (Å²) in [4.78, 5) is 7.16. The molecule has 3 N–H and O–H groups in total. The fourth-order valence-electron chi connectivity index (χ4n) is 3.16. The number of nitrogens with two attached hydrogens (primary N) is 1. The average molecular weight is 444 g/mol. The fourth-order valence-corrected chi connectivity index (χ4v) is 3.16. The van der Waals surface area contributed by atoms with Gasteiger partial charge in [-0.25, -0.2) is 0 Å². The molecule has 1 aliphatic heterocycles. The minimum Gasteiger partial charge on any atom is -0.370 e. The van der Waals surface area contributed by atoms with Crippen molar-refractivity contribution in [3.05, 3.63) is 35.4 Å². The van der Waals surface area contributed by atoms with Gasteiger partial charge in [0.2, 0.25) is 0 Å². The van der Waals surface area contributed by atoms with Crippen LogP contribution in [0.1, 0.15) is 45.7 Å². The molecule has 1 aromatic rings. The summed E-state index contributed by atoms with van der Waals surface area (Å²) >= 11 is 0. The minimum absolute atomic E-state index is 0. The van der Waals surface area contributed by atoms with Crippen LogP contribution in [0.5, 0.6) is 0 Å². The van der Waals surface area contributed by atoms with Gasteiger partial charge in [-0.05, 0) is 44.2 Å². The van der Waals surface area contributed by atoms with Crippen molar-refractivity contribution < 1.29 is 0 Å². The molecule has 1 heterocycles. The average Bonchev–Trinajstić information content (AvgIpc) is 2.45. The first-order valence-electron chi connectivity index (χ1n) is 8.65. The van der Waals surface area contributed by atoms with Crippen LogP contribution in [-0.2, 0) is 13.0 Å². The first-order chi connectivity index (χ1) is 10.8. The van der Waals surface area contributed by atoms with Crippen molar-refractivity contribution in [2.24, 2.45) is 16.6 Å². The summed E-state index contributed by atoms with van der Waals surface area (Å²) in [5.74, 6) is 1.09. The lowest BCUT2D eigenvalue weighted by molar-refractivity contribution is 0.144. The van der Waals surface area contributed by atoms with E-state index in [1.54, 1.807) is 0 Å². The molecule has 24 heavy (non-hydrogen) atoms. The largest absolute Gasteiger partial charge is 0.370 e. The van der Waals surface area contributed by atoms with Crippen LogP contribution in [0, 0.1) is 5.92 Å². The van der Waals surface area contributed by atoms with E-state index in [2.05, 4.69) is 74.1 Å². The molecule has 2 rings (SSSR count). The zero-order chi connectivity index (χ0) is 17.0. The van der Waals surface area contributed by atoms with Crippen molar-refractivity contribution in [3.63, 3.8) is 0 Å². The van der Waals surface area contributed by atoms with E-state index >= 15 is 0 Å². The SMILES string of the molecule is CC(C)C(CN=C(N)NC(C)(C)C)N1CCc2ccccc2C1.I. The van der Waals surface area contributed by atoms with Crippen LogP contribution in [0.25, 0.3) is 0 Å². The molecule has 0 saturated carbocycles. The smallest absolute Gasteiger partial charge is 0.189 e. The number of nitrogens with one attached hydrogen (secondary N) is 1. The van der Waals surface area contributed by atoms with Gasteiger partial charge in [0.25, 0.3) is 0 Å². The monoisotopic (exact) mass is 444 g/mol. The molecule has 136 valence electrons. The van der Waals surface area contributed by atoms with Crippen molar-refractivity contribution in [3.8, 4) is 0 Å². The number of guanidine groups is 1. The van der Waals surface area contributed by atoms with Gasteiger partial charge >= 0.3 is 0 Å². The van der Waals surface area contributed by atoms with E-state index in [0.717, 1.165) is 26.1 Å². The van der Waals surface area contributed by atoms with Crippen molar-refractivity contribution in [2.45, 2.75) is 59.2 Å². The van der Waals surface area contributed by atoms with Crippen LogP contribution < -0.4 is 11.1 Å². The van der Waals surface area contributed by atoms with Gasteiger partial charge in [0, 0.05) is 24.7 Å². The lowest BCUT2D eigenvalue weighted by Crippen LogP contribution is -2.47. The third-order valence-corrected chi connectivity index (χ3v) is 4.35. The Morgan fingerprint density at radius 2 is 1.88 bits per heavy atom. The highest BCUT2D eigenvalue weighted by atomic mass is 127. The normalized spacial score (nSPS) is 17.2. The molecule has 0 radical (unpaired) electrons. The van der Waals surface area contributed by atoms with Gasteiger partial charge in [-0.15, -0.1) is 24.0 Å². The van der Waals surface area contributed by atoms with Crippen LogP contribution in [-0.4, -0.2) is 35.5 Å². The van der Waals surface area contributed by atoms with Crippen LogP contribution >= 0.6 is 24.0 Å². The second-order valence-corrected chi connectivity index (χ2v) is 7.90. The number of benzene rings is 1. The summed E-state index contributed by atoms with van der Waals surface area (Å²) in [7, 11) is 0. The molecular weight excluding hydrogens is 411 g/mol. The molecule has 1 atom stereocenters. The highest BCUT2D eigenvalue weighted by Crippen LogP contribution is 2.23. The molecule has 1 unspecified atom stereocenters. The van der Waals surface area contributed by atoms with Crippen LogP contribution in [0.4, 0.5) is 0 Å². The second-order valence-electron chi connectivity index (χ2n) is 7.90. The Morgan fingerprint density at radius 1 is 1.25 bits per heavy atom. The van der Waals surface area contributed by atoms with Crippen molar-refractivity contribution >= 4 is 29.9 Å². The minimum atomic E-state index is -0.0506. The van der Waals surface area contributed by atoms with E-state index in [9.17, 15) is 0 Å². The van der Waals surface area contributed by atoms with Gasteiger partial charge in [-0.2, -0.15) is 0 Å². The van der Waals surface area contributed by atoms with E-state index in [-0.39, 0.29) is 29.5 Å². The topological polar surface area (TPSA) is 53.6 Å². The van der Waals surface area contributed by atoms with Crippen LogP contribution in [0.3, 0.4) is 0 Å². The lowest BCUT2D eigenvalue weighted by atomic mass is 9.95. The number of nitrogens with zero attached hydrogens (tertiary/aromatic N) is 2. The van der Waals surface area contributed by atoms with Crippen molar-refractivity contribution in [1.82, 2.24) is 10.2 Å². The molecule has 0 bridgehead atoms. The van der Waals surface area contributed by atoms with Gasteiger partial charge in [-0.3, -0.25) is 9.89 Å². The summed E-state index contributed by atoms with van der Waals surface area (Å²) in [5, 5.41) is 3.24. The van der Waals surface area contributed by atoms with Gasteiger partial charge in [0.05, 0.1) is 6.54 Å². The van der Waals surface area contributed by atoms with Gasteiger partial charge in [0.1, 0.15) is 0 Å². The van der Waals surface area contributed by atoms with Crippen LogP contribution in [0.15, 0.2) is 29.3 Å². The first-order valence-corrected chi connectivity index (χ1v) is 8.65. The van der Waals surface area contributed by atoms with Crippen molar-refractivity contribution in [2.75, 3.05) is 13.1 Å². The summed E-state index contributed by atoms with van der Waals surface area (Å²) in [5.41, 5.74) is 8.93. The Balaban J connectivity index is 0.00000288. The van der Waals surface area contributed by atoms with Gasteiger partial charge in [-0.1, -0.05) is 38.1 Å². The Hall–Kier alpha value is -0.820. The molecular formula is C19H33IN4. The van der Waals surface area contributed by atoms with Gasteiger partial charge in [0.15, 0.2) is 5.96 Å². The zero-order valence-electron chi connectivity index (χ0n) is 15.7. The molecule has 0 saturated heterocycles. The van der Waals surface area contributed by atoms with E-state index < -0.39 is 0 Å². The summed E-state index contributed by atoms with van der Waals surface area (Å²) in [6.07, 6.45) is 1.12. The summed E-state index contributed by atoms with van der Waals surface area (Å²) in [6, 6.07) is 9.19. The number of aliphatic imine (C=N–C) groups is 1. The highest BCUT2D eigenvalue weighted by Gasteiger charge is 2.25. The highest BCUT2D eigenvalue weighted by molar-refractivity contribution is 14.0. The zero-order valence-corrected chi connectivity index (χ0v) is 18.0. The number of hydrogen-bond acceptors (Lipinski definition) is 2. The maximum absolute atomic E-state index is 6.03. The third-order valence-electron chi connectivity index (χ3n) is 4.35. The number of fused-ring (bicyclic) bond motifs is 1. The van der Waals surface area contributed by atoms with E-state index in [1.165, 1.54) is 11.1 Å². The Kier molecular flexibility index (Phi) is 7.99. The van der Waals surface area contributed by atoms with Gasteiger partial charge < -0.3 is 11.1 Å². The third kappa shape index (κ3) is 6.24. The molecule has 0 spiro atoms. The molecule has 0 aromatic heterocycles. The Morgan fingerprint density at radius 3 is 2.46 bits per heavy atom. The maximum atomic E-state index is 6.03. The lowest BCUT2D eigenvalue weighted by Gasteiger charge is -2.37. The molecule has 5 heteroatoms. The van der Waals surface area contributed by atoms with Crippen molar-refractivity contribution in [1.29, 1.82) is 0 Å². The Bertz CT molecular complexity index is 549. The van der Waals surface area contributed by atoms with E-state index in [1.807, 2.05) is 0 Å². The quantitative estimate of drug-likeness (QED) is 0.425. The number of halogens is 1. The number of hydrogen-bond donors (Lipinski definition) is 2. The van der Waals surface area contributed by atoms with E-state index in [4.69, 9.17) is 5.73 Å². The molecule has 0 amide bonds. The molecule has 1 aliphatic rings. The molecule has 4 nitrogen and oxygen atoms in total. The van der Waals surface area contributed by atoms with Crippen LogP contribution in [0.2, 0.25) is 0 Å². The summed E-state index contributed by atoms with van der Waals surface area (Å²) in [6.45, 7) is 13.7. The Labute approximate surface area is 164 Å². The predicted octanol–water partition coefficient (Wildman–Crippen LogP) is 3.39. The predicted molar refractivity (Wildman–Crippen MR) is 114 cm³/mol. The maximum Gasteiger partial charge on any atom is 0.189 e. The first kappa shape index (κ1) is 21.2. The fraction of sp³-hybridized carbons (Fsp3) is 0.632. The second kappa shape index (κ2) is 9.04. The van der Waals surface area contributed by atoms with E-state index in [0.29, 0.717) is 17.9 Å². The number of rotatable bonds is 4. The molecule has 0 fully saturated rings. The molecule has 0 aliphatic carbocycles.